The summed E-state index contributed by atoms with van der Waals surface area (Å²) in [7, 11) is 0. The Balaban J connectivity index is 0.000000317. The van der Waals surface area contributed by atoms with Crippen LogP contribution in [-0.4, -0.2) is 80.9 Å². The van der Waals surface area contributed by atoms with Gasteiger partial charge in [-0.2, -0.15) is 26.3 Å². The molecule has 2 aromatic heterocycles. The lowest BCUT2D eigenvalue weighted by Gasteiger charge is -2.39. The van der Waals surface area contributed by atoms with E-state index in [-0.39, 0.29) is 12.2 Å². The molecule has 0 unspecified atom stereocenters. The van der Waals surface area contributed by atoms with Crippen LogP contribution < -0.4 is 0 Å². The van der Waals surface area contributed by atoms with Gasteiger partial charge >= 0.3 is 24.3 Å². The number of alkyl halides is 6. The highest BCUT2D eigenvalue weighted by Crippen LogP contribution is 2.34. The average Bonchev–Trinajstić information content (AvgIpc) is 3.42. The second-order valence-electron chi connectivity index (χ2n) is 8.57. The molecule has 1 saturated carbocycles. The molecule has 3 atom stereocenters. The van der Waals surface area contributed by atoms with Crippen molar-refractivity contribution in [2.45, 2.75) is 70.4 Å². The Kier molecular flexibility index (Phi) is 11.2. The van der Waals surface area contributed by atoms with Crippen LogP contribution in [0.4, 0.5) is 26.3 Å². The molecule has 0 spiro atoms. The van der Waals surface area contributed by atoms with Crippen molar-refractivity contribution < 1.29 is 60.1 Å². The highest BCUT2D eigenvalue weighted by Gasteiger charge is 2.43. The first-order valence-corrected chi connectivity index (χ1v) is 11.5. The van der Waals surface area contributed by atoms with Gasteiger partial charge in [0.25, 0.3) is 0 Å². The Morgan fingerprint density at radius 3 is 2.21 bits per heavy atom. The Morgan fingerprint density at radius 1 is 1.10 bits per heavy atom. The number of ether oxygens (including phenoxy) is 2. The summed E-state index contributed by atoms with van der Waals surface area (Å²) in [5.41, 5.74) is 3.30. The third kappa shape index (κ3) is 9.78. The number of hydrogen-bond acceptors (Lipinski definition) is 8. The lowest BCUT2D eigenvalue weighted by atomic mass is 10.1. The fraction of sp³-hybridized carbons (Fsp3) is 0.565. The predicted molar refractivity (Wildman–Crippen MR) is 119 cm³/mol. The summed E-state index contributed by atoms with van der Waals surface area (Å²) in [5, 5.41) is 18.3. The third-order valence-corrected chi connectivity index (χ3v) is 5.86. The van der Waals surface area contributed by atoms with E-state index in [0.717, 1.165) is 49.6 Å². The topological polar surface area (TPSA) is 135 Å². The van der Waals surface area contributed by atoms with E-state index in [9.17, 15) is 26.3 Å². The van der Waals surface area contributed by atoms with Crippen LogP contribution in [-0.2, 0) is 32.2 Å². The molecule has 0 bridgehead atoms. The van der Waals surface area contributed by atoms with E-state index in [1.807, 2.05) is 32.2 Å². The SMILES string of the molecule is Cc1noc(C)c1CN1CCO[C@H]2[C@@H](OCc3cccnc3)CC[C@@H]21.O=C(O)C(F)(F)F.O=C(O)C(F)(F)F. The molecule has 0 amide bonds. The molecular weight excluding hydrogens is 544 g/mol. The number of aromatic nitrogens is 2. The van der Waals surface area contributed by atoms with Gasteiger partial charge in [-0.05, 0) is 38.3 Å². The summed E-state index contributed by atoms with van der Waals surface area (Å²) >= 11 is 0. The van der Waals surface area contributed by atoms with Gasteiger partial charge in [0.2, 0.25) is 0 Å². The van der Waals surface area contributed by atoms with Crippen molar-refractivity contribution in [2.75, 3.05) is 13.2 Å². The van der Waals surface area contributed by atoms with Crippen molar-refractivity contribution in [2.24, 2.45) is 0 Å². The van der Waals surface area contributed by atoms with Crippen LogP contribution >= 0.6 is 0 Å². The van der Waals surface area contributed by atoms with Gasteiger partial charge in [-0.15, -0.1) is 0 Å². The van der Waals surface area contributed by atoms with Crippen LogP contribution in [0.15, 0.2) is 29.0 Å². The normalized spacial score (nSPS) is 21.2. The fourth-order valence-corrected chi connectivity index (χ4v) is 3.98. The van der Waals surface area contributed by atoms with Gasteiger partial charge in [0.1, 0.15) is 5.76 Å². The smallest absolute Gasteiger partial charge is 0.475 e. The van der Waals surface area contributed by atoms with Crippen LogP contribution in [0.25, 0.3) is 0 Å². The van der Waals surface area contributed by atoms with E-state index in [1.54, 1.807) is 6.20 Å². The van der Waals surface area contributed by atoms with Gasteiger partial charge in [0, 0.05) is 37.1 Å². The number of carboxylic acid groups (broad SMARTS) is 2. The van der Waals surface area contributed by atoms with Gasteiger partial charge in [-0.1, -0.05) is 11.2 Å². The van der Waals surface area contributed by atoms with E-state index in [2.05, 4.69) is 15.0 Å². The minimum Gasteiger partial charge on any atom is -0.475 e. The molecule has 1 saturated heterocycles. The first-order chi connectivity index (χ1) is 18.1. The minimum absolute atomic E-state index is 0.144. The molecule has 2 fully saturated rings. The highest BCUT2D eigenvalue weighted by molar-refractivity contribution is 5.73. The number of hydrogen-bond donors (Lipinski definition) is 2. The number of morpholine rings is 1. The summed E-state index contributed by atoms with van der Waals surface area (Å²) in [6, 6.07) is 4.39. The van der Waals surface area contributed by atoms with Crippen molar-refractivity contribution in [3.63, 3.8) is 0 Å². The Bertz CT molecular complexity index is 1030. The van der Waals surface area contributed by atoms with Crippen LogP contribution in [0.3, 0.4) is 0 Å². The maximum Gasteiger partial charge on any atom is 0.490 e. The van der Waals surface area contributed by atoms with E-state index in [0.29, 0.717) is 12.6 Å². The molecule has 2 aliphatic rings. The number of aryl methyl sites for hydroxylation is 2. The minimum atomic E-state index is -5.08. The molecule has 16 heteroatoms. The second-order valence-corrected chi connectivity index (χ2v) is 8.57. The average molecular weight is 571 g/mol. The van der Waals surface area contributed by atoms with Crippen molar-refractivity contribution in [1.29, 1.82) is 0 Å². The molecule has 1 aliphatic heterocycles. The van der Waals surface area contributed by atoms with E-state index in [1.165, 1.54) is 5.56 Å². The monoisotopic (exact) mass is 571 g/mol. The van der Waals surface area contributed by atoms with Crippen molar-refractivity contribution in [1.82, 2.24) is 15.0 Å². The highest BCUT2D eigenvalue weighted by atomic mass is 19.4. The number of carboxylic acids is 2. The maximum atomic E-state index is 10.6. The summed E-state index contributed by atoms with van der Waals surface area (Å²) in [6.45, 7) is 7.16. The van der Waals surface area contributed by atoms with E-state index >= 15 is 0 Å². The van der Waals surface area contributed by atoms with Crippen molar-refractivity contribution >= 4 is 11.9 Å². The Labute approximate surface area is 218 Å². The lowest BCUT2D eigenvalue weighted by molar-refractivity contribution is -0.193. The van der Waals surface area contributed by atoms with E-state index in [4.69, 9.17) is 33.8 Å². The zero-order valence-corrected chi connectivity index (χ0v) is 20.8. The zero-order chi connectivity index (χ0) is 29.4. The molecule has 4 rings (SSSR count). The van der Waals surface area contributed by atoms with Crippen LogP contribution in [0.1, 0.15) is 35.4 Å². The third-order valence-electron chi connectivity index (χ3n) is 5.86. The van der Waals surface area contributed by atoms with Crippen LogP contribution in [0, 0.1) is 13.8 Å². The quantitative estimate of drug-likeness (QED) is 0.509. The fourth-order valence-electron chi connectivity index (χ4n) is 3.98. The summed E-state index contributed by atoms with van der Waals surface area (Å²) in [5.74, 6) is -4.59. The van der Waals surface area contributed by atoms with Crippen molar-refractivity contribution in [3.8, 4) is 0 Å². The van der Waals surface area contributed by atoms with Crippen LogP contribution in [0.2, 0.25) is 0 Å². The molecule has 3 heterocycles. The molecule has 2 aromatic rings. The van der Waals surface area contributed by atoms with Gasteiger partial charge < -0.3 is 24.2 Å². The predicted octanol–water partition coefficient (Wildman–Crippen LogP) is 3.90. The summed E-state index contributed by atoms with van der Waals surface area (Å²) < 4.78 is 81.0. The molecule has 1 aliphatic carbocycles. The molecule has 39 heavy (non-hydrogen) atoms. The molecule has 0 aromatic carbocycles. The number of halogens is 6. The number of pyridine rings is 1. The molecule has 2 N–H and O–H groups in total. The standard InChI is InChI=1S/C19H25N3O3.2C2HF3O2/c1-13-16(14(2)25-21-13)11-22-8-9-23-19-17(22)5-6-18(19)24-12-15-4-3-7-20-10-15;2*3-2(4,5)1(6)7/h3-4,7,10,17-19H,5-6,8-9,11-12H2,1-2H3;2*(H,6,7)/t17-,18-,19+;;/m0../s1. The van der Waals surface area contributed by atoms with Crippen molar-refractivity contribution in [3.05, 3.63) is 47.1 Å². The number of nitrogens with zero attached hydrogens (tertiary/aromatic N) is 3. The number of rotatable bonds is 5. The number of aliphatic carboxylic acids is 2. The Hall–Kier alpha value is -3.24. The lowest BCUT2D eigenvalue weighted by Crippen LogP contribution is -2.51. The molecule has 10 nitrogen and oxygen atoms in total. The van der Waals surface area contributed by atoms with E-state index < -0.39 is 24.3 Å². The van der Waals surface area contributed by atoms with Gasteiger partial charge in [-0.3, -0.25) is 9.88 Å². The number of fused-ring (bicyclic) bond motifs is 1. The number of carbonyl (C=O) groups is 2. The summed E-state index contributed by atoms with van der Waals surface area (Å²) in [4.78, 5) is 24.4. The van der Waals surface area contributed by atoms with Gasteiger partial charge in [-0.25, -0.2) is 9.59 Å². The zero-order valence-electron chi connectivity index (χ0n) is 20.8. The second kappa shape index (κ2) is 13.7. The van der Waals surface area contributed by atoms with Gasteiger partial charge in [0.05, 0.1) is 31.1 Å². The molecule has 218 valence electrons. The largest absolute Gasteiger partial charge is 0.490 e. The first-order valence-electron chi connectivity index (χ1n) is 11.5. The molecule has 0 radical (unpaired) electrons. The molecular formula is C23H27F6N3O7. The summed E-state index contributed by atoms with van der Waals surface area (Å²) in [6.07, 6.45) is -4.09. The van der Waals surface area contributed by atoms with Crippen LogP contribution in [0.5, 0.6) is 0 Å². The first kappa shape index (κ1) is 32.0. The maximum absolute atomic E-state index is 10.6. The Morgan fingerprint density at radius 2 is 1.72 bits per heavy atom. The van der Waals surface area contributed by atoms with Gasteiger partial charge in [0.15, 0.2) is 0 Å².